The lowest BCUT2D eigenvalue weighted by Crippen LogP contribution is -2.52. The average Bonchev–Trinajstić information content (AvgIpc) is 3.49. The predicted molar refractivity (Wildman–Crippen MR) is 156 cm³/mol. The smallest absolute Gasteiger partial charge is 0.265 e. The monoisotopic (exact) mass is 548 g/mol. The highest BCUT2D eigenvalue weighted by atomic mass is 16.5. The van der Waals surface area contributed by atoms with E-state index in [1.807, 2.05) is 11.9 Å². The summed E-state index contributed by atoms with van der Waals surface area (Å²) in [6, 6.07) is 5.57. The molecule has 2 N–H and O–H groups in total. The molecule has 0 radical (unpaired) electrons. The number of likely N-dealkylation sites (N-methyl/N-ethyl adjacent to an activating group) is 1. The molecule has 3 heterocycles. The highest BCUT2D eigenvalue weighted by Gasteiger charge is 2.42. The molecule has 2 aromatic rings. The number of anilines is 4. The van der Waals surface area contributed by atoms with Crippen molar-refractivity contribution >= 4 is 35.0 Å². The van der Waals surface area contributed by atoms with Crippen LogP contribution in [0.2, 0.25) is 0 Å². The van der Waals surface area contributed by atoms with Gasteiger partial charge in [0, 0.05) is 51.4 Å². The van der Waals surface area contributed by atoms with E-state index in [1.165, 1.54) is 0 Å². The Morgan fingerprint density at radius 2 is 1.90 bits per heavy atom. The van der Waals surface area contributed by atoms with Crippen molar-refractivity contribution in [3.05, 3.63) is 42.6 Å². The number of benzene rings is 1. The van der Waals surface area contributed by atoms with E-state index in [2.05, 4.69) is 39.2 Å². The molecular weight excluding hydrogens is 508 g/mol. The molecule has 1 aromatic heterocycles. The van der Waals surface area contributed by atoms with Crippen molar-refractivity contribution in [1.82, 2.24) is 25.3 Å². The second-order valence-electron chi connectivity index (χ2n) is 11.2. The third kappa shape index (κ3) is 5.48. The minimum atomic E-state index is -0.741. The maximum absolute atomic E-state index is 13.4. The summed E-state index contributed by atoms with van der Waals surface area (Å²) < 4.78 is 5.63. The largest absolute Gasteiger partial charge is 0.495 e. The predicted octanol–water partition coefficient (Wildman–Crippen LogP) is 3.04. The molecular formula is C29H40N8O3. The Bertz CT molecular complexity index is 1270. The van der Waals surface area contributed by atoms with E-state index in [1.54, 1.807) is 49.5 Å². The van der Waals surface area contributed by atoms with Gasteiger partial charge in [0.25, 0.3) is 5.91 Å². The maximum Gasteiger partial charge on any atom is 0.265 e. The third-order valence-electron chi connectivity index (χ3n) is 8.36. The van der Waals surface area contributed by atoms with Crippen LogP contribution in [0.5, 0.6) is 5.75 Å². The lowest BCUT2D eigenvalue weighted by Gasteiger charge is -2.34. The Morgan fingerprint density at radius 1 is 1.18 bits per heavy atom. The van der Waals surface area contributed by atoms with Crippen molar-refractivity contribution in [2.45, 2.75) is 38.6 Å². The van der Waals surface area contributed by atoms with Gasteiger partial charge in [-0.2, -0.15) is 4.98 Å². The van der Waals surface area contributed by atoms with Crippen LogP contribution < -0.4 is 25.3 Å². The molecule has 11 nitrogen and oxygen atoms in total. The first-order chi connectivity index (χ1) is 19.2. The van der Waals surface area contributed by atoms with Gasteiger partial charge in [-0.1, -0.05) is 18.9 Å². The molecule has 11 heteroatoms. The van der Waals surface area contributed by atoms with Gasteiger partial charge in [-0.05, 0) is 45.0 Å². The number of aromatic nitrogens is 2. The van der Waals surface area contributed by atoms with Crippen LogP contribution in [0.25, 0.3) is 0 Å². The molecule has 2 amide bonds. The maximum atomic E-state index is 13.4. The van der Waals surface area contributed by atoms with Gasteiger partial charge >= 0.3 is 0 Å². The zero-order valence-corrected chi connectivity index (χ0v) is 23.9. The van der Waals surface area contributed by atoms with E-state index < -0.39 is 5.41 Å². The fourth-order valence-electron chi connectivity index (χ4n) is 5.72. The minimum Gasteiger partial charge on any atom is -0.495 e. The Labute approximate surface area is 236 Å². The summed E-state index contributed by atoms with van der Waals surface area (Å²) in [5.41, 5.74) is 4.06. The van der Waals surface area contributed by atoms with E-state index >= 15 is 0 Å². The Morgan fingerprint density at radius 3 is 2.58 bits per heavy atom. The van der Waals surface area contributed by atoms with E-state index in [4.69, 9.17) is 9.72 Å². The van der Waals surface area contributed by atoms with Gasteiger partial charge < -0.3 is 24.8 Å². The molecule has 214 valence electrons. The summed E-state index contributed by atoms with van der Waals surface area (Å²) in [5.74, 6) is 1.41. The number of rotatable bonds is 7. The van der Waals surface area contributed by atoms with Crippen LogP contribution in [0.1, 0.15) is 43.0 Å². The first kappa shape index (κ1) is 27.9. The number of carbonyl (C=O) groups is 2. The number of hydrogen-bond donors (Lipinski definition) is 2. The second-order valence-corrected chi connectivity index (χ2v) is 11.2. The van der Waals surface area contributed by atoms with Crippen LogP contribution in [0.3, 0.4) is 0 Å². The molecule has 1 atom stereocenters. The van der Waals surface area contributed by atoms with E-state index in [0.717, 1.165) is 57.7 Å². The van der Waals surface area contributed by atoms with E-state index in [0.29, 0.717) is 41.2 Å². The van der Waals surface area contributed by atoms with Crippen LogP contribution >= 0.6 is 0 Å². The lowest BCUT2D eigenvalue weighted by atomic mass is 9.88. The molecule has 0 unspecified atom stereocenters. The molecule has 1 saturated carbocycles. The summed E-state index contributed by atoms with van der Waals surface area (Å²) in [6.07, 6.45) is 7.88. The molecule has 5 rings (SSSR count). The van der Waals surface area contributed by atoms with Crippen LogP contribution in [-0.2, 0) is 4.79 Å². The fraction of sp³-hybridized carbons (Fsp3) is 0.517. The molecule has 40 heavy (non-hydrogen) atoms. The molecule has 2 fully saturated rings. The molecule has 0 bridgehead atoms. The normalized spacial score (nSPS) is 22.6. The van der Waals surface area contributed by atoms with Gasteiger partial charge in [0.15, 0.2) is 5.82 Å². The van der Waals surface area contributed by atoms with Crippen molar-refractivity contribution in [3.8, 4) is 5.75 Å². The Balaban J connectivity index is 1.40. The first-order valence-corrected chi connectivity index (χ1v) is 14.0. The zero-order chi connectivity index (χ0) is 28.4. The van der Waals surface area contributed by atoms with Gasteiger partial charge in [-0.15, -0.1) is 6.58 Å². The lowest BCUT2D eigenvalue weighted by molar-refractivity contribution is -0.124. The molecule has 0 spiro atoms. The summed E-state index contributed by atoms with van der Waals surface area (Å²) in [4.78, 5) is 41.9. The summed E-state index contributed by atoms with van der Waals surface area (Å²) in [6.45, 7) is 9.79. The van der Waals surface area contributed by atoms with Crippen LogP contribution in [-0.4, -0.2) is 91.7 Å². The van der Waals surface area contributed by atoms with Gasteiger partial charge in [0.05, 0.1) is 24.4 Å². The van der Waals surface area contributed by atoms with Crippen molar-refractivity contribution < 1.29 is 14.3 Å². The standard InChI is InChI=1S/C29H40N8O3/c1-6-29(2)19-37(21-9-7-8-10-21)25-23(35(4)27(29)39)18-30-28(32-25)31-22-12-11-20(17-24(22)40-5)26(38)33-36-15-13-34(3)14-16-36/h6,11-12,17-18,21H,1,7-10,13-16,19H2,2-5H3,(H,33,38)(H,30,31,32)/t29-/m1/s1. The average molecular weight is 549 g/mol. The highest BCUT2D eigenvalue weighted by Crippen LogP contribution is 2.41. The van der Waals surface area contributed by atoms with Gasteiger partial charge in [-0.25, -0.2) is 9.99 Å². The number of nitrogens with zero attached hydrogens (tertiary/aromatic N) is 6. The van der Waals surface area contributed by atoms with E-state index in [9.17, 15) is 9.59 Å². The van der Waals surface area contributed by atoms with Crippen molar-refractivity contribution in [1.29, 1.82) is 0 Å². The van der Waals surface area contributed by atoms with Gasteiger partial charge in [-0.3, -0.25) is 15.0 Å². The number of amides is 2. The van der Waals surface area contributed by atoms with Crippen LogP contribution in [0.4, 0.5) is 23.1 Å². The highest BCUT2D eigenvalue weighted by molar-refractivity contribution is 6.02. The number of carbonyl (C=O) groups excluding carboxylic acids is 2. The van der Waals surface area contributed by atoms with Crippen LogP contribution in [0, 0.1) is 5.41 Å². The first-order valence-electron chi connectivity index (χ1n) is 14.0. The van der Waals surface area contributed by atoms with Crippen molar-refractivity contribution in [3.63, 3.8) is 0 Å². The molecule has 1 saturated heterocycles. The van der Waals surface area contributed by atoms with Crippen molar-refractivity contribution in [2.75, 3.05) is 69.0 Å². The number of hydrogen-bond acceptors (Lipinski definition) is 9. The number of nitrogens with one attached hydrogen (secondary N) is 2. The summed E-state index contributed by atoms with van der Waals surface area (Å²) in [5, 5.41) is 5.22. The number of methoxy groups -OCH3 is 1. The van der Waals surface area contributed by atoms with E-state index in [-0.39, 0.29) is 11.8 Å². The zero-order valence-electron chi connectivity index (χ0n) is 23.9. The minimum absolute atomic E-state index is 0.0272. The molecule has 3 aliphatic rings. The molecule has 1 aromatic carbocycles. The summed E-state index contributed by atoms with van der Waals surface area (Å²) >= 11 is 0. The molecule has 1 aliphatic carbocycles. The Kier molecular flexibility index (Phi) is 7.95. The second kappa shape index (κ2) is 11.4. The third-order valence-corrected chi connectivity index (χ3v) is 8.36. The Hall–Kier alpha value is -3.70. The topological polar surface area (TPSA) is 106 Å². The van der Waals surface area contributed by atoms with Gasteiger partial charge in [0.1, 0.15) is 11.4 Å². The SMILES string of the molecule is C=C[C@]1(C)CN(C2CCCC2)c2nc(Nc3ccc(C(=O)NN4CCN(C)CC4)cc3OC)ncc2N(C)C1=O. The van der Waals surface area contributed by atoms with Gasteiger partial charge in [0.2, 0.25) is 11.9 Å². The number of piperazine rings is 1. The van der Waals surface area contributed by atoms with Crippen LogP contribution in [0.15, 0.2) is 37.1 Å². The number of ether oxygens (including phenoxy) is 1. The molecule has 2 aliphatic heterocycles. The number of hydrazine groups is 1. The number of fused-ring (bicyclic) bond motifs is 1. The fourth-order valence-corrected chi connectivity index (χ4v) is 5.72. The summed E-state index contributed by atoms with van der Waals surface area (Å²) in [7, 11) is 5.41. The van der Waals surface area contributed by atoms with Crippen molar-refractivity contribution in [2.24, 2.45) is 5.41 Å². The quantitative estimate of drug-likeness (QED) is 0.505.